The fraction of sp³-hybridized carbons (Fsp3) is 0.267. The largest absolute Gasteiger partial charge is 0.385 e. The van der Waals surface area contributed by atoms with Crippen LogP contribution in [0, 0.1) is 6.92 Å². The Balaban J connectivity index is 2.30. The maximum Gasteiger partial charge on any atom is 0.129 e. The van der Waals surface area contributed by atoms with E-state index < -0.39 is 5.60 Å². The SMILES string of the molecule is Cc1ccccc1CC(C)(O)c1ccnc(Cl)c1. The van der Waals surface area contributed by atoms with Crippen molar-refractivity contribution < 1.29 is 5.11 Å². The fourth-order valence-corrected chi connectivity index (χ4v) is 2.19. The number of aromatic nitrogens is 1. The molecule has 0 bridgehead atoms. The summed E-state index contributed by atoms with van der Waals surface area (Å²) in [5.74, 6) is 0. The van der Waals surface area contributed by atoms with Crippen LogP contribution in [0.25, 0.3) is 0 Å². The predicted octanol–water partition coefficient (Wildman–Crippen LogP) is 3.49. The van der Waals surface area contributed by atoms with Crippen LogP contribution in [0.5, 0.6) is 0 Å². The molecule has 0 aliphatic carbocycles. The van der Waals surface area contributed by atoms with E-state index in [9.17, 15) is 5.11 Å². The lowest BCUT2D eigenvalue weighted by Gasteiger charge is -2.24. The number of rotatable bonds is 3. The van der Waals surface area contributed by atoms with Gasteiger partial charge in [0, 0.05) is 12.6 Å². The minimum Gasteiger partial charge on any atom is -0.385 e. The Labute approximate surface area is 112 Å². The molecule has 1 atom stereocenters. The topological polar surface area (TPSA) is 33.1 Å². The third kappa shape index (κ3) is 2.89. The summed E-state index contributed by atoms with van der Waals surface area (Å²) in [5, 5.41) is 11.0. The molecule has 0 aliphatic heterocycles. The molecule has 2 aromatic rings. The third-order valence-electron chi connectivity index (χ3n) is 3.14. The van der Waals surface area contributed by atoms with Gasteiger partial charge in [0.25, 0.3) is 0 Å². The second kappa shape index (κ2) is 5.09. The van der Waals surface area contributed by atoms with Crippen LogP contribution >= 0.6 is 11.6 Å². The highest BCUT2D eigenvalue weighted by Gasteiger charge is 2.24. The van der Waals surface area contributed by atoms with Crippen molar-refractivity contribution in [2.45, 2.75) is 25.9 Å². The lowest BCUT2D eigenvalue weighted by molar-refractivity contribution is 0.0574. The van der Waals surface area contributed by atoms with Gasteiger partial charge in [0.05, 0.1) is 5.60 Å². The summed E-state index contributed by atoms with van der Waals surface area (Å²) in [4.78, 5) is 3.93. The van der Waals surface area contributed by atoms with Crippen LogP contribution in [0.1, 0.15) is 23.6 Å². The highest BCUT2D eigenvalue weighted by atomic mass is 35.5. The van der Waals surface area contributed by atoms with E-state index in [0.717, 1.165) is 11.1 Å². The Bertz CT molecular complexity index is 552. The van der Waals surface area contributed by atoms with Crippen molar-refractivity contribution in [3.63, 3.8) is 0 Å². The molecule has 1 heterocycles. The van der Waals surface area contributed by atoms with Crippen LogP contribution in [0.4, 0.5) is 0 Å². The molecule has 1 aromatic heterocycles. The first-order valence-electron chi connectivity index (χ1n) is 5.88. The average Bonchev–Trinajstić information content (AvgIpc) is 2.32. The molecule has 0 fully saturated rings. The Kier molecular flexibility index (Phi) is 3.69. The van der Waals surface area contributed by atoms with E-state index >= 15 is 0 Å². The number of halogens is 1. The molecular formula is C15H16ClNO. The molecule has 0 aliphatic rings. The van der Waals surface area contributed by atoms with Gasteiger partial charge >= 0.3 is 0 Å². The van der Waals surface area contributed by atoms with E-state index in [-0.39, 0.29) is 0 Å². The van der Waals surface area contributed by atoms with Crippen molar-refractivity contribution in [1.82, 2.24) is 4.98 Å². The fourth-order valence-electron chi connectivity index (χ4n) is 2.02. The smallest absolute Gasteiger partial charge is 0.129 e. The molecule has 0 spiro atoms. The molecule has 0 saturated heterocycles. The van der Waals surface area contributed by atoms with Gasteiger partial charge in [-0.15, -0.1) is 0 Å². The maximum absolute atomic E-state index is 10.6. The van der Waals surface area contributed by atoms with Crippen molar-refractivity contribution in [3.05, 3.63) is 64.4 Å². The highest BCUT2D eigenvalue weighted by Crippen LogP contribution is 2.27. The van der Waals surface area contributed by atoms with Crippen molar-refractivity contribution >= 4 is 11.6 Å². The summed E-state index contributed by atoms with van der Waals surface area (Å²) in [5.41, 5.74) is 2.15. The third-order valence-corrected chi connectivity index (χ3v) is 3.35. The molecular weight excluding hydrogens is 246 g/mol. The number of aryl methyl sites for hydroxylation is 1. The predicted molar refractivity (Wildman–Crippen MR) is 73.7 cm³/mol. The molecule has 0 radical (unpaired) electrons. The first-order chi connectivity index (χ1) is 8.49. The summed E-state index contributed by atoms with van der Waals surface area (Å²) >= 11 is 5.86. The van der Waals surface area contributed by atoms with Gasteiger partial charge in [-0.2, -0.15) is 0 Å². The summed E-state index contributed by atoms with van der Waals surface area (Å²) in [6.07, 6.45) is 2.17. The number of hydrogen-bond donors (Lipinski definition) is 1. The quantitative estimate of drug-likeness (QED) is 0.858. The lowest BCUT2D eigenvalue weighted by Crippen LogP contribution is -2.24. The zero-order valence-electron chi connectivity index (χ0n) is 10.5. The molecule has 2 nitrogen and oxygen atoms in total. The number of hydrogen-bond acceptors (Lipinski definition) is 2. The molecule has 3 heteroatoms. The molecule has 94 valence electrons. The molecule has 2 rings (SSSR count). The minimum absolute atomic E-state index is 0.401. The summed E-state index contributed by atoms with van der Waals surface area (Å²) in [7, 11) is 0. The van der Waals surface area contributed by atoms with Gasteiger partial charge in [0.2, 0.25) is 0 Å². The molecule has 1 N–H and O–H groups in total. The van der Waals surface area contributed by atoms with Crippen LogP contribution in [-0.4, -0.2) is 10.1 Å². The van der Waals surface area contributed by atoms with Crippen LogP contribution in [0.3, 0.4) is 0 Å². The van der Waals surface area contributed by atoms with E-state index in [1.807, 2.05) is 31.2 Å². The van der Waals surface area contributed by atoms with Crippen molar-refractivity contribution in [2.24, 2.45) is 0 Å². The summed E-state index contributed by atoms with van der Waals surface area (Å²) in [6.45, 7) is 3.84. The molecule has 18 heavy (non-hydrogen) atoms. The normalized spacial score (nSPS) is 14.2. The molecule has 0 saturated carbocycles. The van der Waals surface area contributed by atoms with Crippen LogP contribution < -0.4 is 0 Å². The Morgan fingerprint density at radius 3 is 2.67 bits per heavy atom. The Hall–Kier alpha value is -1.38. The lowest BCUT2D eigenvalue weighted by atomic mass is 9.88. The Morgan fingerprint density at radius 2 is 2.00 bits per heavy atom. The zero-order chi connectivity index (χ0) is 13.2. The molecule has 1 aromatic carbocycles. The van der Waals surface area contributed by atoms with Crippen molar-refractivity contribution in [2.75, 3.05) is 0 Å². The van der Waals surface area contributed by atoms with Gasteiger partial charge in [-0.25, -0.2) is 4.98 Å². The van der Waals surface area contributed by atoms with Crippen molar-refractivity contribution in [3.8, 4) is 0 Å². The number of benzene rings is 1. The van der Waals surface area contributed by atoms with Gasteiger partial charge in [0.15, 0.2) is 0 Å². The Morgan fingerprint density at radius 1 is 1.28 bits per heavy atom. The van der Waals surface area contributed by atoms with E-state index in [2.05, 4.69) is 4.98 Å². The summed E-state index contributed by atoms with van der Waals surface area (Å²) in [6, 6.07) is 11.6. The van der Waals surface area contributed by atoms with Crippen molar-refractivity contribution in [1.29, 1.82) is 0 Å². The van der Waals surface area contributed by atoms with E-state index in [4.69, 9.17) is 11.6 Å². The van der Waals surface area contributed by atoms with Crippen LogP contribution in [0.2, 0.25) is 5.15 Å². The number of pyridine rings is 1. The van der Waals surface area contributed by atoms with Gasteiger partial charge in [-0.05, 0) is 42.7 Å². The average molecular weight is 262 g/mol. The highest BCUT2D eigenvalue weighted by molar-refractivity contribution is 6.29. The van der Waals surface area contributed by atoms with E-state index in [0.29, 0.717) is 11.6 Å². The molecule has 1 unspecified atom stereocenters. The zero-order valence-corrected chi connectivity index (χ0v) is 11.3. The van der Waals surface area contributed by atoms with Gasteiger partial charge in [-0.3, -0.25) is 0 Å². The first kappa shape index (κ1) is 13.1. The van der Waals surface area contributed by atoms with E-state index in [1.54, 1.807) is 25.3 Å². The van der Waals surface area contributed by atoms with Crippen LogP contribution in [0.15, 0.2) is 42.6 Å². The second-order valence-electron chi connectivity index (χ2n) is 4.74. The molecule has 0 amide bonds. The summed E-state index contributed by atoms with van der Waals surface area (Å²) < 4.78 is 0. The standard InChI is InChI=1S/C15H16ClNO/c1-11-5-3-4-6-12(11)10-15(2,18)13-7-8-17-14(16)9-13/h3-9,18H,10H2,1-2H3. The maximum atomic E-state index is 10.6. The first-order valence-corrected chi connectivity index (χ1v) is 6.26. The number of nitrogens with zero attached hydrogens (tertiary/aromatic N) is 1. The van der Waals surface area contributed by atoms with Gasteiger partial charge < -0.3 is 5.11 Å². The monoisotopic (exact) mass is 261 g/mol. The minimum atomic E-state index is -0.946. The van der Waals surface area contributed by atoms with Crippen LogP contribution in [-0.2, 0) is 12.0 Å². The van der Waals surface area contributed by atoms with Gasteiger partial charge in [-0.1, -0.05) is 35.9 Å². The second-order valence-corrected chi connectivity index (χ2v) is 5.13. The van der Waals surface area contributed by atoms with E-state index in [1.165, 1.54) is 5.56 Å². The number of aliphatic hydroxyl groups is 1. The van der Waals surface area contributed by atoms with Gasteiger partial charge in [0.1, 0.15) is 5.15 Å².